The van der Waals surface area contributed by atoms with Crippen LogP contribution in [0.25, 0.3) is 0 Å². The maximum atomic E-state index is 4.30. The average Bonchev–Trinajstić information content (AvgIpc) is 2.50. The molecule has 1 unspecified atom stereocenters. The summed E-state index contributed by atoms with van der Waals surface area (Å²) in [6.07, 6.45) is 7.06. The molecule has 0 aliphatic rings. The van der Waals surface area contributed by atoms with Crippen LogP contribution >= 0.6 is 11.8 Å². The summed E-state index contributed by atoms with van der Waals surface area (Å²) in [7, 11) is 1.85. The second kappa shape index (κ2) is 14.5. The van der Waals surface area contributed by atoms with E-state index in [-0.39, 0.29) is 0 Å². The van der Waals surface area contributed by atoms with Gasteiger partial charge >= 0.3 is 0 Å². The van der Waals surface area contributed by atoms with E-state index >= 15 is 0 Å². The van der Waals surface area contributed by atoms with Gasteiger partial charge in [-0.05, 0) is 64.2 Å². The highest BCUT2D eigenvalue weighted by Crippen LogP contribution is 2.00. The van der Waals surface area contributed by atoms with Gasteiger partial charge in [-0.2, -0.15) is 11.8 Å². The van der Waals surface area contributed by atoms with Gasteiger partial charge in [0.15, 0.2) is 5.96 Å². The number of guanidine groups is 1. The molecule has 0 amide bonds. The Hall–Kier alpha value is -0.420. The smallest absolute Gasteiger partial charge is 0.191 e. The highest BCUT2D eigenvalue weighted by molar-refractivity contribution is 7.98. The summed E-state index contributed by atoms with van der Waals surface area (Å²) >= 11 is 1.91. The molecule has 0 aliphatic heterocycles. The van der Waals surface area contributed by atoms with Crippen LogP contribution in [-0.4, -0.2) is 62.1 Å². The third kappa shape index (κ3) is 11.9. The first-order valence-corrected chi connectivity index (χ1v) is 9.75. The lowest BCUT2D eigenvalue weighted by atomic mass is 10.2. The Morgan fingerprint density at radius 3 is 2.48 bits per heavy atom. The minimum absolute atomic E-state index is 0.470. The van der Waals surface area contributed by atoms with Crippen LogP contribution in [0.4, 0.5) is 0 Å². The lowest BCUT2D eigenvalue weighted by Gasteiger charge is -2.21. The monoisotopic (exact) mass is 316 g/mol. The first-order chi connectivity index (χ1) is 10.2. The molecule has 5 heteroatoms. The van der Waals surface area contributed by atoms with E-state index in [1.54, 1.807) is 0 Å². The zero-order valence-electron chi connectivity index (χ0n) is 14.7. The molecule has 0 bridgehead atoms. The van der Waals surface area contributed by atoms with Gasteiger partial charge in [0.25, 0.3) is 0 Å². The highest BCUT2D eigenvalue weighted by atomic mass is 32.2. The van der Waals surface area contributed by atoms with Crippen LogP contribution in [-0.2, 0) is 0 Å². The highest BCUT2D eigenvalue weighted by Gasteiger charge is 2.06. The molecular weight excluding hydrogens is 280 g/mol. The van der Waals surface area contributed by atoms with Crippen LogP contribution in [0.2, 0.25) is 0 Å². The maximum Gasteiger partial charge on any atom is 0.191 e. The summed E-state index contributed by atoms with van der Waals surface area (Å²) in [6.45, 7) is 11.2. The lowest BCUT2D eigenvalue weighted by Crippen LogP contribution is -2.42. The standard InChI is InChI=1S/C16H36N4S/c1-6-20(7-2)13-10-11-15(3)19-16(17-4)18-12-8-9-14-21-5/h15H,6-14H2,1-5H3,(H2,17,18,19). The number of hydrogen-bond acceptors (Lipinski definition) is 3. The Morgan fingerprint density at radius 2 is 1.90 bits per heavy atom. The van der Waals surface area contributed by atoms with Crippen molar-refractivity contribution in [3.63, 3.8) is 0 Å². The van der Waals surface area contributed by atoms with E-state index in [4.69, 9.17) is 0 Å². The molecular formula is C16H36N4S. The fraction of sp³-hybridized carbons (Fsp3) is 0.938. The minimum atomic E-state index is 0.470. The second-order valence-corrected chi connectivity index (χ2v) is 6.40. The van der Waals surface area contributed by atoms with Crippen molar-refractivity contribution in [1.82, 2.24) is 15.5 Å². The van der Waals surface area contributed by atoms with Crippen molar-refractivity contribution in [2.45, 2.75) is 52.5 Å². The molecule has 21 heavy (non-hydrogen) atoms. The molecule has 0 aromatic carbocycles. The summed E-state index contributed by atoms with van der Waals surface area (Å²) in [5, 5.41) is 6.88. The summed E-state index contributed by atoms with van der Waals surface area (Å²) in [5.74, 6) is 2.18. The van der Waals surface area contributed by atoms with Crippen molar-refractivity contribution in [2.24, 2.45) is 4.99 Å². The van der Waals surface area contributed by atoms with E-state index in [2.05, 4.69) is 47.6 Å². The van der Waals surface area contributed by atoms with Gasteiger partial charge in [-0.1, -0.05) is 13.8 Å². The van der Waals surface area contributed by atoms with Crippen LogP contribution in [0.3, 0.4) is 0 Å². The Balaban J connectivity index is 3.76. The van der Waals surface area contributed by atoms with Gasteiger partial charge in [-0.3, -0.25) is 4.99 Å². The Kier molecular flexibility index (Phi) is 14.2. The Morgan fingerprint density at radius 1 is 1.19 bits per heavy atom. The predicted molar refractivity (Wildman–Crippen MR) is 98.6 cm³/mol. The molecule has 4 nitrogen and oxygen atoms in total. The van der Waals surface area contributed by atoms with Crippen molar-refractivity contribution >= 4 is 17.7 Å². The normalized spacial score (nSPS) is 13.5. The number of aliphatic imine (C=N–C) groups is 1. The number of rotatable bonds is 12. The first kappa shape index (κ1) is 20.6. The number of nitrogens with one attached hydrogen (secondary N) is 2. The zero-order chi connectivity index (χ0) is 15.9. The maximum absolute atomic E-state index is 4.30. The molecule has 0 rings (SSSR count). The molecule has 0 aliphatic carbocycles. The number of nitrogens with zero attached hydrogens (tertiary/aromatic N) is 2. The number of unbranched alkanes of at least 4 members (excludes halogenated alkanes) is 1. The van der Waals surface area contributed by atoms with E-state index in [1.807, 2.05) is 18.8 Å². The van der Waals surface area contributed by atoms with Crippen LogP contribution in [0.1, 0.15) is 46.5 Å². The molecule has 0 fully saturated rings. The Labute approximate surface area is 136 Å². The largest absolute Gasteiger partial charge is 0.356 e. The van der Waals surface area contributed by atoms with E-state index in [0.29, 0.717) is 6.04 Å². The predicted octanol–water partition coefficient (Wildman–Crippen LogP) is 2.81. The minimum Gasteiger partial charge on any atom is -0.356 e. The van der Waals surface area contributed by atoms with Crippen molar-refractivity contribution in [3.05, 3.63) is 0 Å². The van der Waals surface area contributed by atoms with Crippen LogP contribution < -0.4 is 10.6 Å². The van der Waals surface area contributed by atoms with Crippen molar-refractivity contribution in [2.75, 3.05) is 45.2 Å². The van der Waals surface area contributed by atoms with Crippen LogP contribution in [0, 0.1) is 0 Å². The fourth-order valence-corrected chi connectivity index (χ4v) is 2.73. The van der Waals surface area contributed by atoms with Gasteiger partial charge in [-0.15, -0.1) is 0 Å². The molecule has 0 spiro atoms. The zero-order valence-corrected chi connectivity index (χ0v) is 15.6. The summed E-state index contributed by atoms with van der Waals surface area (Å²) in [6, 6.07) is 0.470. The van der Waals surface area contributed by atoms with Gasteiger partial charge in [0.2, 0.25) is 0 Å². The summed E-state index contributed by atoms with van der Waals surface area (Å²) < 4.78 is 0. The summed E-state index contributed by atoms with van der Waals surface area (Å²) in [5.41, 5.74) is 0. The molecule has 0 aromatic rings. The van der Waals surface area contributed by atoms with Crippen molar-refractivity contribution in [3.8, 4) is 0 Å². The van der Waals surface area contributed by atoms with Crippen molar-refractivity contribution in [1.29, 1.82) is 0 Å². The molecule has 0 aromatic heterocycles. The van der Waals surface area contributed by atoms with E-state index < -0.39 is 0 Å². The van der Waals surface area contributed by atoms with Crippen LogP contribution in [0.5, 0.6) is 0 Å². The van der Waals surface area contributed by atoms with E-state index in [0.717, 1.165) is 25.6 Å². The van der Waals surface area contributed by atoms with Gasteiger partial charge < -0.3 is 15.5 Å². The Bertz CT molecular complexity index is 255. The molecule has 1 atom stereocenters. The number of thioether (sulfide) groups is 1. The quantitative estimate of drug-likeness (QED) is 0.330. The number of hydrogen-bond donors (Lipinski definition) is 2. The molecule has 0 saturated heterocycles. The third-order valence-corrected chi connectivity index (χ3v) is 4.38. The van der Waals surface area contributed by atoms with Crippen LogP contribution in [0.15, 0.2) is 4.99 Å². The van der Waals surface area contributed by atoms with Gasteiger partial charge in [0, 0.05) is 19.6 Å². The van der Waals surface area contributed by atoms with Gasteiger partial charge in [0.1, 0.15) is 0 Å². The summed E-state index contributed by atoms with van der Waals surface area (Å²) in [4.78, 5) is 6.78. The van der Waals surface area contributed by atoms with Gasteiger partial charge in [-0.25, -0.2) is 0 Å². The molecule has 0 radical (unpaired) electrons. The first-order valence-electron chi connectivity index (χ1n) is 8.36. The fourth-order valence-electron chi connectivity index (χ4n) is 2.24. The SMILES string of the molecule is CCN(CC)CCCC(C)NC(=NC)NCCCCSC. The third-order valence-electron chi connectivity index (χ3n) is 3.68. The topological polar surface area (TPSA) is 39.7 Å². The average molecular weight is 317 g/mol. The molecule has 126 valence electrons. The molecule has 0 heterocycles. The molecule has 0 saturated carbocycles. The van der Waals surface area contributed by atoms with E-state index in [1.165, 1.54) is 38.0 Å². The van der Waals surface area contributed by atoms with Crippen molar-refractivity contribution < 1.29 is 0 Å². The van der Waals surface area contributed by atoms with E-state index in [9.17, 15) is 0 Å². The molecule has 2 N–H and O–H groups in total. The lowest BCUT2D eigenvalue weighted by molar-refractivity contribution is 0.292. The second-order valence-electron chi connectivity index (χ2n) is 5.41. The van der Waals surface area contributed by atoms with Gasteiger partial charge in [0.05, 0.1) is 0 Å².